The van der Waals surface area contributed by atoms with Gasteiger partial charge in [-0.15, -0.1) is 0 Å². The Bertz CT molecular complexity index is 410. The summed E-state index contributed by atoms with van der Waals surface area (Å²) in [6.45, 7) is 8.16. The van der Waals surface area contributed by atoms with Gasteiger partial charge in [0.2, 0.25) is 5.76 Å². The number of nitrogens with one attached hydrogen (secondary N) is 1. The third-order valence-corrected chi connectivity index (χ3v) is 3.02. The molecule has 5 heteroatoms. The fraction of sp³-hybridized carbons (Fsp3) is 0.667. The summed E-state index contributed by atoms with van der Waals surface area (Å²) in [6.07, 6.45) is 0.953. The highest BCUT2D eigenvalue weighted by Gasteiger charge is 2.31. The number of aromatic nitrogens is 1. The van der Waals surface area contributed by atoms with Crippen LogP contribution in [0, 0.1) is 13.8 Å². The van der Waals surface area contributed by atoms with Crippen molar-refractivity contribution in [2.75, 3.05) is 19.6 Å². The molecular weight excluding hydrogens is 218 g/mol. The molecule has 94 valence electrons. The van der Waals surface area contributed by atoms with E-state index in [0.29, 0.717) is 23.4 Å². The Morgan fingerprint density at radius 1 is 1.53 bits per heavy atom. The molecule has 1 aliphatic heterocycles. The molecule has 2 rings (SSSR count). The van der Waals surface area contributed by atoms with Gasteiger partial charge in [-0.05, 0) is 13.3 Å². The Kier molecular flexibility index (Phi) is 3.47. The molecule has 1 aliphatic rings. The highest BCUT2D eigenvalue weighted by Crippen LogP contribution is 2.16. The zero-order valence-corrected chi connectivity index (χ0v) is 10.6. The molecule has 1 N–H and O–H groups in total. The van der Waals surface area contributed by atoms with Gasteiger partial charge in [0, 0.05) is 26.6 Å². The van der Waals surface area contributed by atoms with Crippen LogP contribution < -0.4 is 5.32 Å². The number of rotatable bonds is 4. The first-order valence-corrected chi connectivity index (χ1v) is 6.09. The molecular formula is C12H19N3O2. The minimum atomic E-state index is -0.0311. The number of oxazole rings is 1. The second-order valence-corrected chi connectivity index (χ2v) is 4.46. The number of carbonyl (C=O) groups is 1. The molecule has 0 saturated carbocycles. The molecule has 1 aromatic rings. The van der Waals surface area contributed by atoms with Gasteiger partial charge in [-0.25, -0.2) is 4.98 Å². The molecule has 1 aromatic heterocycles. The van der Waals surface area contributed by atoms with Crippen molar-refractivity contribution in [3.8, 4) is 0 Å². The fourth-order valence-electron chi connectivity index (χ4n) is 2.04. The van der Waals surface area contributed by atoms with Crippen LogP contribution in [0.2, 0.25) is 0 Å². The van der Waals surface area contributed by atoms with Gasteiger partial charge < -0.3 is 14.6 Å². The SMILES string of the molecule is CCCN(C(=O)c1oc(C)nc1C)C1CNC1. The molecule has 0 radical (unpaired) electrons. The van der Waals surface area contributed by atoms with Crippen molar-refractivity contribution in [1.29, 1.82) is 0 Å². The first-order chi connectivity index (χ1) is 8.13. The molecule has 0 spiro atoms. The Morgan fingerprint density at radius 3 is 2.65 bits per heavy atom. The van der Waals surface area contributed by atoms with Crippen molar-refractivity contribution >= 4 is 5.91 Å². The zero-order valence-electron chi connectivity index (χ0n) is 10.6. The zero-order chi connectivity index (χ0) is 12.4. The number of carbonyl (C=O) groups excluding carboxylic acids is 1. The monoisotopic (exact) mass is 237 g/mol. The molecule has 2 heterocycles. The number of hydrogen-bond donors (Lipinski definition) is 1. The van der Waals surface area contributed by atoms with E-state index < -0.39 is 0 Å². The highest BCUT2D eigenvalue weighted by atomic mass is 16.4. The molecule has 0 aromatic carbocycles. The van der Waals surface area contributed by atoms with Crippen molar-refractivity contribution in [2.24, 2.45) is 0 Å². The van der Waals surface area contributed by atoms with Crippen molar-refractivity contribution in [1.82, 2.24) is 15.2 Å². The molecule has 0 bridgehead atoms. The lowest BCUT2D eigenvalue weighted by Gasteiger charge is -2.37. The molecule has 17 heavy (non-hydrogen) atoms. The lowest BCUT2D eigenvalue weighted by Crippen LogP contribution is -2.59. The Labute approximate surface area is 101 Å². The van der Waals surface area contributed by atoms with E-state index in [-0.39, 0.29) is 5.91 Å². The van der Waals surface area contributed by atoms with Crippen LogP contribution in [0.1, 0.15) is 35.5 Å². The summed E-state index contributed by atoms with van der Waals surface area (Å²) >= 11 is 0. The normalized spacial score (nSPS) is 15.7. The van der Waals surface area contributed by atoms with Crippen molar-refractivity contribution < 1.29 is 9.21 Å². The van der Waals surface area contributed by atoms with Crippen molar-refractivity contribution in [3.05, 3.63) is 17.3 Å². The van der Waals surface area contributed by atoms with E-state index in [1.54, 1.807) is 6.92 Å². The summed E-state index contributed by atoms with van der Waals surface area (Å²) < 4.78 is 5.40. The van der Waals surface area contributed by atoms with Gasteiger partial charge in [-0.2, -0.15) is 0 Å². The van der Waals surface area contributed by atoms with Gasteiger partial charge in [-0.3, -0.25) is 4.79 Å². The molecule has 1 saturated heterocycles. The third-order valence-electron chi connectivity index (χ3n) is 3.02. The largest absolute Gasteiger partial charge is 0.436 e. The van der Waals surface area contributed by atoms with Crippen molar-refractivity contribution in [2.45, 2.75) is 33.2 Å². The van der Waals surface area contributed by atoms with Crippen LogP contribution in [0.3, 0.4) is 0 Å². The van der Waals surface area contributed by atoms with Crippen LogP contribution in [-0.4, -0.2) is 41.5 Å². The van der Waals surface area contributed by atoms with E-state index in [2.05, 4.69) is 17.2 Å². The maximum Gasteiger partial charge on any atom is 0.291 e. The Morgan fingerprint density at radius 2 is 2.24 bits per heavy atom. The van der Waals surface area contributed by atoms with Gasteiger partial charge in [0.05, 0.1) is 11.7 Å². The standard InChI is InChI=1S/C12H19N3O2/c1-4-5-15(10-6-13-7-10)12(16)11-8(2)14-9(3)17-11/h10,13H,4-7H2,1-3H3. The summed E-state index contributed by atoms with van der Waals surface area (Å²) in [5.41, 5.74) is 0.681. The van der Waals surface area contributed by atoms with Gasteiger partial charge >= 0.3 is 0 Å². The lowest BCUT2D eigenvalue weighted by atomic mass is 10.1. The van der Waals surface area contributed by atoms with E-state index in [9.17, 15) is 4.79 Å². The smallest absolute Gasteiger partial charge is 0.291 e. The number of amides is 1. The van der Waals surface area contributed by atoms with Gasteiger partial charge in [0.25, 0.3) is 5.91 Å². The molecule has 5 nitrogen and oxygen atoms in total. The Balaban J connectivity index is 2.17. The van der Waals surface area contributed by atoms with Gasteiger partial charge in [0.15, 0.2) is 5.89 Å². The molecule has 0 unspecified atom stereocenters. The number of nitrogens with zero attached hydrogens (tertiary/aromatic N) is 2. The average molecular weight is 237 g/mol. The maximum atomic E-state index is 12.4. The summed E-state index contributed by atoms with van der Waals surface area (Å²) in [5, 5.41) is 3.19. The fourth-order valence-corrected chi connectivity index (χ4v) is 2.04. The second kappa shape index (κ2) is 4.87. The summed E-state index contributed by atoms with van der Waals surface area (Å²) in [6, 6.07) is 0.298. The molecule has 1 amide bonds. The van der Waals surface area contributed by atoms with E-state index in [0.717, 1.165) is 26.1 Å². The molecule has 1 fully saturated rings. The van der Waals surface area contributed by atoms with E-state index >= 15 is 0 Å². The highest BCUT2D eigenvalue weighted by molar-refractivity contribution is 5.92. The minimum Gasteiger partial charge on any atom is -0.436 e. The van der Waals surface area contributed by atoms with Gasteiger partial charge in [-0.1, -0.05) is 6.92 Å². The Hall–Kier alpha value is -1.36. The summed E-state index contributed by atoms with van der Waals surface area (Å²) in [5.74, 6) is 0.910. The maximum absolute atomic E-state index is 12.4. The summed E-state index contributed by atoms with van der Waals surface area (Å²) in [4.78, 5) is 18.4. The predicted octanol–water partition coefficient (Wildman–Crippen LogP) is 1.12. The predicted molar refractivity (Wildman–Crippen MR) is 64.0 cm³/mol. The van der Waals surface area contributed by atoms with E-state index in [4.69, 9.17) is 4.42 Å². The lowest BCUT2D eigenvalue weighted by molar-refractivity contribution is 0.0581. The van der Waals surface area contributed by atoms with Crippen LogP contribution in [-0.2, 0) is 0 Å². The van der Waals surface area contributed by atoms with Crippen LogP contribution in [0.4, 0.5) is 0 Å². The minimum absolute atomic E-state index is 0.0311. The third kappa shape index (κ3) is 2.34. The first-order valence-electron chi connectivity index (χ1n) is 6.09. The van der Waals surface area contributed by atoms with Crippen molar-refractivity contribution in [3.63, 3.8) is 0 Å². The van der Waals surface area contributed by atoms with E-state index in [1.165, 1.54) is 0 Å². The summed E-state index contributed by atoms with van der Waals surface area (Å²) in [7, 11) is 0. The van der Waals surface area contributed by atoms with Crippen LogP contribution in [0.25, 0.3) is 0 Å². The second-order valence-electron chi connectivity index (χ2n) is 4.46. The topological polar surface area (TPSA) is 58.4 Å². The number of hydrogen-bond acceptors (Lipinski definition) is 4. The molecule has 0 atom stereocenters. The van der Waals surface area contributed by atoms with Crippen LogP contribution >= 0.6 is 0 Å². The quantitative estimate of drug-likeness (QED) is 0.852. The average Bonchev–Trinajstić information content (AvgIpc) is 2.53. The molecule has 0 aliphatic carbocycles. The van der Waals surface area contributed by atoms with Crippen LogP contribution in [0.5, 0.6) is 0 Å². The van der Waals surface area contributed by atoms with Crippen LogP contribution in [0.15, 0.2) is 4.42 Å². The first kappa shape index (κ1) is 12.1. The number of aryl methyl sites for hydroxylation is 2. The van der Waals surface area contributed by atoms with E-state index in [1.807, 2.05) is 11.8 Å². The van der Waals surface area contributed by atoms with Gasteiger partial charge in [0.1, 0.15) is 0 Å².